The Kier molecular flexibility index (Phi) is 5.57. The van der Waals surface area contributed by atoms with Gasteiger partial charge in [0.2, 0.25) is 0 Å². The molecule has 7 heteroatoms. The highest BCUT2D eigenvalue weighted by molar-refractivity contribution is 5.93. The molecule has 0 saturated heterocycles. The third-order valence-electron chi connectivity index (χ3n) is 3.63. The lowest BCUT2D eigenvalue weighted by Crippen LogP contribution is -2.31. The molecule has 1 aromatic carbocycles. The topological polar surface area (TPSA) is 110 Å². The van der Waals surface area contributed by atoms with Crippen LogP contribution in [0.5, 0.6) is 0 Å². The van der Waals surface area contributed by atoms with Crippen molar-refractivity contribution in [2.75, 3.05) is 0 Å². The summed E-state index contributed by atoms with van der Waals surface area (Å²) in [5.74, 6) is -0.168. The molecule has 0 fully saturated rings. The van der Waals surface area contributed by atoms with Gasteiger partial charge in [0.25, 0.3) is 5.91 Å². The molecule has 1 aromatic heterocycles. The van der Waals surface area contributed by atoms with E-state index in [1.54, 1.807) is 6.20 Å². The van der Waals surface area contributed by atoms with Crippen LogP contribution in [0.3, 0.4) is 0 Å². The zero-order valence-corrected chi connectivity index (χ0v) is 13.8. The fourth-order valence-corrected chi connectivity index (χ4v) is 2.25. The Morgan fingerprint density at radius 3 is 2.50 bits per heavy atom. The summed E-state index contributed by atoms with van der Waals surface area (Å²) in [6, 6.07) is 7.93. The van der Waals surface area contributed by atoms with Gasteiger partial charge in [-0.1, -0.05) is 24.3 Å². The number of aromatic amines is 1. The Hall–Kier alpha value is -2.83. The molecule has 4 N–H and O–H groups in total. The van der Waals surface area contributed by atoms with Crippen LogP contribution in [0.1, 0.15) is 41.8 Å². The largest absolute Gasteiger partial charge is 0.444 e. The number of carbonyl (C=O) groups is 2. The fraction of sp³-hybridized carbons (Fsp3) is 0.353. The summed E-state index contributed by atoms with van der Waals surface area (Å²) in [7, 11) is 0. The molecule has 24 heavy (non-hydrogen) atoms. The molecule has 128 valence electrons. The van der Waals surface area contributed by atoms with Gasteiger partial charge in [0.15, 0.2) is 0 Å². The van der Waals surface area contributed by atoms with E-state index in [9.17, 15) is 9.59 Å². The highest BCUT2D eigenvalue weighted by Gasteiger charge is 2.21. The standard InChI is InChI=1S/C17H22N4O3/c1-17(2,24-16(18)23)8-7-12-3-5-13(6-4-12)9-19-15(22)14-10-20-21-11-14/h3-6,10-11H,7-9H2,1-2H3,(H2,18,23)(H,19,22)(H,20,21). The number of rotatable bonds is 7. The molecule has 0 atom stereocenters. The molecule has 0 aliphatic rings. The third kappa shape index (κ3) is 5.42. The molecule has 2 rings (SSSR count). The predicted octanol–water partition coefficient (Wildman–Crippen LogP) is 2.15. The Bertz CT molecular complexity index is 678. The molecule has 7 nitrogen and oxygen atoms in total. The van der Waals surface area contributed by atoms with Gasteiger partial charge in [-0.2, -0.15) is 5.10 Å². The van der Waals surface area contributed by atoms with Gasteiger partial charge in [0.05, 0.1) is 11.8 Å². The number of hydrogen-bond acceptors (Lipinski definition) is 4. The molecule has 1 heterocycles. The van der Waals surface area contributed by atoms with Gasteiger partial charge < -0.3 is 15.8 Å². The van der Waals surface area contributed by atoms with Crippen LogP contribution in [-0.4, -0.2) is 27.8 Å². The first kappa shape index (κ1) is 17.5. The van der Waals surface area contributed by atoms with E-state index in [-0.39, 0.29) is 5.91 Å². The summed E-state index contributed by atoms with van der Waals surface area (Å²) in [6.45, 7) is 4.11. The summed E-state index contributed by atoms with van der Waals surface area (Å²) in [4.78, 5) is 22.7. The van der Waals surface area contributed by atoms with E-state index in [2.05, 4.69) is 15.5 Å². The monoisotopic (exact) mass is 330 g/mol. The fourth-order valence-electron chi connectivity index (χ4n) is 2.25. The van der Waals surface area contributed by atoms with Crippen molar-refractivity contribution in [3.05, 3.63) is 53.3 Å². The summed E-state index contributed by atoms with van der Waals surface area (Å²) >= 11 is 0. The Morgan fingerprint density at radius 1 is 1.25 bits per heavy atom. The summed E-state index contributed by atoms with van der Waals surface area (Å²) < 4.78 is 5.07. The van der Waals surface area contributed by atoms with Crippen molar-refractivity contribution in [3.63, 3.8) is 0 Å². The maximum Gasteiger partial charge on any atom is 0.405 e. The van der Waals surface area contributed by atoms with Crippen molar-refractivity contribution in [1.29, 1.82) is 0 Å². The number of hydrogen-bond donors (Lipinski definition) is 3. The molecule has 0 radical (unpaired) electrons. The van der Waals surface area contributed by atoms with Gasteiger partial charge in [-0.25, -0.2) is 4.79 Å². The Balaban J connectivity index is 1.82. The van der Waals surface area contributed by atoms with Gasteiger partial charge in [-0.3, -0.25) is 9.89 Å². The van der Waals surface area contributed by atoms with E-state index < -0.39 is 11.7 Å². The van der Waals surface area contributed by atoms with Crippen LogP contribution in [0.25, 0.3) is 0 Å². The highest BCUT2D eigenvalue weighted by atomic mass is 16.6. The normalized spacial score (nSPS) is 11.1. The van der Waals surface area contributed by atoms with Crippen molar-refractivity contribution >= 4 is 12.0 Å². The lowest BCUT2D eigenvalue weighted by molar-refractivity contribution is 0.0394. The molecule has 0 bridgehead atoms. The van der Waals surface area contributed by atoms with Crippen LogP contribution < -0.4 is 11.1 Å². The van der Waals surface area contributed by atoms with Crippen molar-refractivity contribution < 1.29 is 14.3 Å². The van der Waals surface area contributed by atoms with Crippen LogP contribution >= 0.6 is 0 Å². The van der Waals surface area contributed by atoms with Gasteiger partial charge in [0.1, 0.15) is 5.60 Å². The number of H-pyrrole nitrogens is 1. The van der Waals surface area contributed by atoms with Crippen molar-refractivity contribution in [1.82, 2.24) is 15.5 Å². The lowest BCUT2D eigenvalue weighted by Gasteiger charge is -2.23. The van der Waals surface area contributed by atoms with Gasteiger partial charge in [-0.05, 0) is 37.8 Å². The minimum absolute atomic E-state index is 0.168. The molecule has 0 aliphatic heterocycles. The molecule has 0 saturated carbocycles. The van der Waals surface area contributed by atoms with Gasteiger partial charge >= 0.3 is 6.09 Å². The number of aryl methyl sites for hydroxylation is 1. The third-order valence-corrected chi connectivity index (χ3v) is 3.63. The SMILES string of the molecule is CC(C)(CCc1ccc(CNC(=O)c2cn[nH]c2)cc1)OC(N)=O. The average Bonchev–Trinajstić information content (AvgIpc) is 3.05. The first-order valence-corrected chi connectivity index (χ1v) is 7.69. The summed E-state index contributed by atoms with van der Waals surface area (Å²) in [5.41, 5.74) is 7.10. The lowest BCUT2D eigenvalue weighted by atomic mass is 9.98. The first-order chi connectivity index (χ1) is 11.4. The van der Waals surface area contributed by atoms with Crippen molar-refractivity contribution in [2.45, 2.75) is 38.8 Å². The molecule has 0 aliphatic carbocycles. The van der Waals surface area contributed by atoms with E-state index >= 15 is 0 Å². The van der Waals surface area contributed by atoms with Crippen LogP contribution in [0.15, 0.2) is 36.7 Å². The number of amides is 2. The van der Waals surface area contributed by atoms with Crippen LogP contribution in [0.2, 0.25) is 0 Å². The molecular formula is C17H22N4O3. The smallest absolute Gasteiger partial charge is 0.405 e. The van der Waals surface area contributed by atoms with Gasteiger partial charge in [0, 0.05) is 12.7 Å². The highest BCUT2D eigenvalue weighted by Crippen LogP contribution is 2.18. The number of aromatic nitrogens is 2. The van der Waals surface area contributed by atoms with Crippen molar-refractivity contribution in [3.8, 4) is 0 Å². The van der Waals surface area contributed by atoms with E-state index in [0.717, 1.165) is 17.5 Å². The number of nitrogens with two attached hydrogens (primary N) is 1. The van der Waals surface area contributed by atoms with Crippen molar-refractivity contribution in [2.24, 2.45) is 5.73 Å². The first-order valence-electron chi connectivity index (χ1n) is 7.69. The van der Waals surface area contributed by atoms with E-state index in [4.69, 9.17) is 10.5 Å². The van der Waals surface area contributed by atoms with E-state index in [1.807, 2.05) is 38.1 Å². The minimum atomic E-state index is -0.760. The number of carbonyl (C=O) groups excluding carboxylic acids is 2. The minimum Gasteiger partial charge on any atom is -0.444 e. The van der Waals surface area contributed by atoms with Crippen LogP contribution in [0, 0.1) is 0 Å². The molecular weight excluding hydrogens is 308 g/mol. The maximum absolute atomic E-state index is 11.8. The molecule has 2 aromatic rings. The van der Waals surface area contributed by atoms with Crippen LogP contribution in [0.4, 0.5) is 4.79 Å². The average molecular weight is 330 g/mol. The summed E-state index contributed by atoms with van der Waals surface area (Å²) in [6.07, 6.45) is 3.71. The van der Waals surface area contributed by atoms with E-state index in [1.165, 1.54) is 6.20 Å². The van der Waals surface area contributed by atoms with E-state index in [0.29, 0.717) is 18.5 Å². The number of nitrogens with zero attached hydrogens (tertiary/aromatic N) is 1. The Labute approximate surface area is 140 Å². The second kappa shape index (κ2) is 7.63. The Morgan fingerprint density at radius 2 is 1.92 bits per heavy atom. The quantitative estimate of drug-likeness (QED) is 0.722. The maximum atomic E-state index is 11.8. The molecule has 2 amide bonds. The number of ether oxygens (including phenoxy) is 1. The summed E-state index contributed by atoms with van der Waals surface area (Å²) in [5, 5.41) is 9.18. The predicted molar refractivity (Wildman–Crippen MR) is 89.3 cm³/mol. The second-order valence-corrected chi connectivity index (χ2v) is 6.17. The molecule has 0 spiro atoms. The molecule has 0 unspecified atom stereocenters. The number of nitrogens with one attached hydrogen (secondary N) is 2. The second-order valence-electron chi connectivity index (χ2n) is 6.17. The number of primary amides is 1. The zero-order chi connectivity index (χ0) is 17.6. The zero-order valence-electron chi connectivity index (χ0n) is 13.8. The van der Waals surface area contributed by atoms with Crippen LogP contribution in [-0.2, 0) is 17.7 Å². The van der Waals surface area contributed by atoms with Gasteiger partial charge in [-0.15, -0.1) is 0 Å². The number of benzene rings is 1.